The minimum Gasteiger partial charge on any atom is -0.360 e. The number of nitrogens with zero attached hydrogens (tertiary/aromatic N) is 1. The first-order valence-corrected chi connectivity index (χ1v) is 9.03. The molecule has 5 nitrogen and oxygen atoms in total. The van der Waals surface area contributed by atoms with Crippen LogP contribution < -0.4 is 0 Å². The third kappa shape index (κ3) is 2.22. The topological polar surface area (TPSA) is 78.6 Å². The van der Waals surface area contributed by atoms with E-state index >= 15 is 0 Å². The lowest BCUT2D eigenvalue weighted by Gasteiger charge is -2.02. The Labute approximate surface area is 133 Å². The zero-order valence-electron chi connectivity index (χ0n) is 12.5. The van der Waals surface area contributed by atoms with Crippen LogP contribution in [-0.2, 0) is 9.84 Å². The lowest BCUT2D eigenvalue weighted by atomic mass is 10.1. The number of aromatic amines is 2. The van der Waals surface area contributed by atoms with Gasteiger partial charge in [-0.2, -0.15) is 0 Å². The lowest BCUT2D eigenvalue weighted by Crippen LogP contribution is -2.03. The Kier molecular flexibility index (Phi) is 3.02. The van der Waals surface area contributed by atoms with E-state index in [1.165, 1.54) is 0 Å². The fraction of sp³-hybridized carbons (Fsp3) is 0.118. The molecule has 0 spiro atoms. The molecule has 0 aliphatic rings. The van der Waals surface area contributed by atoms with E-state index in [1.807, 2.05) is 30.5 Å². The van der Waals surface area contributed by atoms with Crippen LogP contribution in [0.5, 0.6) is 0 Å². The molecule has 4 rings (SSSR count). The van der Waals surface area contributed by atoms with Gasteiger partial charge >= 0.3 is 0 Å². The molecule has 4 aromatic rings. The summed E-state index contributed by atoms with van der Waals surface area (Å²) in [5, 5.41) is 0.846. The second-order valence-electron chi connectivity index (χ2n) is 5.42. The first-order valence-electron chi connectivity index (χ1n) is 7.37. The largest absolute Gasteiger partial charge is 0.360 e. The van der Waals surface area contributed by atoms with Gasteiger partial charge in [-0.15, -0.1) is 0 Å². The van der Waals surface area contributed by atoms with E-state index in [9.17, 15) is 8.42 Å². The van der Waals surface area contributed by atoms with E-state index in [1.54, 1.807) is 25.1 Å². The summed E-state index contributed by atoms with van der Waals surface area (Å²) in [7, 11) is -3.24. The van der Waals surface area contributed by atoms with Gasteiger partial charge in [-0.05, 0) is 30.3 Å². The summed E-state index contributed by atoms with van der Waals surface area (Å²) in [6.45, 7) is 1.65. The van der Waals surface area contributed by atoms with Crippen LogP contribution >= 0.6 is 0 Å². The van der Waals surface area contributed by atoms with Gasteiger partial charge in [0.2, 0.25) is 0 Å². The minimum atomic E-state index is -3.24. The molecular weight excluding hydrogens is 310 g/mol. The molecule has 2 heterocycles. The summed E-state index contributed by atoms with van der Waals surface area (Å²) in [4.78, 5) is 11.4. The number of rotatable bonds is 3. The highest BCUT2D eigenvalue weighted by atomic mass is 32.2. The van der Waals surface area contributed by atoms with Gasteiger partial charge in [-0.3, -0.25) is 0 Å². The standard InChI is InChI=1S/C17H15N3O2S/c1-2-23(21,22)11-7-8-14-12(9-11)13(10-18-14)17-19-15-5-3-4-6-16(15)20-17/h3-10,18H,2H2,1H3,(H,19,20). The van der Waals surface area contributed by atoms with E-state index < -0.39 is 9.84 Å². The Hall–Kier alpha value is -2.60. The van der Waals surface area contributed by atoms with E-state index in [0.29, 0.717) is 4.90 Å². The van der Waals surface area contributed by atoms with Crippen molar-refractivity contribution in [2.24, 2.45) is 0 Å². The third-order valence-electron chi connectivity index (χ3n) is 4.04. The van der Waals surface area contributed by atoms with Crippen LogP contribution in [0.2, 0.25) is 0 Å². The average molecular weight is 325 g/mol. The van der Waals surface area contributed by atoms with Crippen LogP contribution in [0.3, 0.4) is 0 Å². The van der Waals surface area contributed by atoms with Gasteiger partial charge in [0.15, 0.2) is 9.84 Å². The normalized spacial score (nSPS) is 12.2. The molecule has 0 unspecified atom stereocenters. The molecule has 116 valence electrons. The number of hydrogen-bond donors (Lipinski definition) is 2. The summed E-state index contributed by atoms with van der Waals surface area (Å²) < 4.78 is 24.2. The summed E-state index contributed by atoms with van der Waals surface area (Å²) in [5.41, 5.74) is 3.59. The van der Waals surface area contributed by atoms with Gasteiger partial charge in [-0.1, -0.05) is 19.1 Å². The van der Waals surface area contributed by atoms with E-state index in [0.717, 1.165) is 33.3 Å². The summed E-state index contributed by atoms with van der Waals surface area (Å²) >= 11 is 0. The van der Waals surface area contributed by atoms with Crippen LogP contribution in [-0.4, -0.2) is 29.1 Å². The van der Waals surface area contributed by atoms with E-state index in [-0.39, 0.29) is 5.75 Å². The molecule has 0 saturated heterocycles. The maximum absolute atomic E-state index is 12.1. The highest BCUT2D eigenvalue weighted by molar-refractivity contribution is 7.91. The SMILES string of the molecule is CCS(=O)(=O)c1ccc2[nH]cc(-c3nc4ccccc4[nH]3)c2c1. The summed E-state index contributed by atoms with van der Waals surface area (Å²) in [6, 6.07) is 12.9. The van der Waals surface area contributed by atoms with Crippen molar-refractivity contribution in [1.29, 1.82) is 0 Å². The fourth-order valence-electron chi connectivity index (χ4n) is 2.74. The molecule has 2 aromatic carbocycles. The minimum absolute atomic E-state index is 0.0862. The Morgan fingerprint density at radius 3 is 2.70 bits per heavy atom. The molecule has 23 heavy (non-hydrogen) atoms. The van der Waals surface area contributed by atoms with Crippen LogP contribution in [0.25, 0.3) is 33.3 Å². The number of imidazole rings is 1. The number of para-hydroxylation sites is 2. The van der Waals surface area contributed by atoms with Crippen LogP contribution in [0, 0.1) is 0 Å². The molecule has 2 N–H and O–H groups in total. The quantitative estimate of drug-likeness (QED) is 0.605. The van der Waals surface area contributed by atoms with Crippen LogP contribution in [0.1, 0.15) is 6.92 Å². The summed E-state index contributed by atoms with van der Waals surface area (Å²) in [6.07, 6.45) is 1.85. The fourth-order valence-corrected chi connectivity index (χ4v) is 3.64. The number of sulfone groups is 1. The molecular formula is C17H15N3O2S. The molecule has 0 saturated carbocycles. The van der Waals surface area contributed by atoms with Gasteiger partial charge in [0, 0.05) is 22.7 Å². The number of fused-ring (bicyclic) bond motifs is 2. The van der Waals surface area contributed by atoms with Gasteiger partial charge in [0.25, 0.3) is 0 Å². The van der Waals surface area contributed by atoms with Gasteiger partial charge in [0.1, 0.15) is 5.82 Å². The van der Waals surface area contributed by atoms with Gasteiger partial charge < -0.3 is 9.97 Å². The molecule has 6 heteroatoms. The summed E-state index contributed by atoms with van der Waals surface area (Å²) in [5.74, 6) is 0.812. The van der Waals surface area contributed by atoms with Crippen molar-refractivity contribution in [2.75, 3.05) is 5.75 Å². The second kappa shape index (κ2) is 4.96. The average Bonchev–Trinajstić information content (AvgIpc) is 3.17. The highest BCUT2D eigenvalue weighted by Gasteiger charge is 2.16. The third-order valence-corrected chi connectivity index (χ3v) is 5.77. The van der Waals surface area contributed by atoms with Gasteiger partial charge in [0.05, 0.1) is 21.7 Å². The van der Waals surface area contributed by atoms with E-state index in [4.69, 9.17) is 0 Å². The maximum Gasteiger partial charge on any atom is 0.178 e. The molecule has 0 radical (unpaired) electrons. The molecule has 2 aromatic heterocycles. The molecule has 0 amide bonds. The van der Waals surface area contributed by atoms with Crippen molar-refractivity contribution >= 4 is 31.8 Å². The van der Waals surface area contributed by atoms with E-state index in [2.05, 4.69) is 15.0 Å². The number of hydrogen-bond acceptors (Lipinski definition) is 3. The Balaban J connectivity index is 1.95. The van der Waals surface area contributed by atoms with Crippen molar-refractivity contribution < 1.29 is 8.42 Å². The molecule has 0 aliphatic heterocycles. The number of H-pyrrole nitrogens is 2. The maximum atomic E-state index is 12.1. The van der Waals surface area contributed by atoms with Crippen molar-refractivity contribution in [3.63, 3.8) is 0 Å². The lowest BCUT2D eigenvalue weighted by molar-refractivity contribution is 0.597. The van der Waals surface area contributed by atoms with Gasteiger partial charge in [-0.25, -0.2) is 13.4 Å². The Morgan fingerprint density at radius 1 is 1.09 bits per heavy atom. The van der Waals surface area contributed by atoms with Crippen molar-refractivity contribution in [3.05, 3.63) is 48.7 Å². The Morgan fingerprint density at radius 2 is 1.91 bits per heavy atom. The zero-order chi connectivity index (χ0) is 16.0. The molecule has 0 fully saturated rings. The second-order valence-corrected chi connectivity index (χ2v) is 7.69. The van der Waals surface area contributed by atoms with Crippen molar-refractivity contribution in [2.45, 2.75) is 11.8 Å². The molecule has 0 bridgehead atoms. The Bertz CT molecular complexity index is 1090. The number of nitrogens with one attached hydrogen (secondary N) is 2. The van der Waals surface area contributed by atoms with Crippen molar-refractivity contribution in [1.82, 2.24) is 15.0 Å². The zero-order valence-corrected chi connectivity index (χ0v) is 13.3. The smallest absolute Gasteiger partial charge is 0.178 e. The number of aromatic nitrogens is 3. The van der Waals surface area contributed by atoms with Crippen LogP contribution in [0.15, 0.2) is 53.6 Å². The highest BCUT2D eigenvalue weighted by Crippen LogP contribution is 2.30. The predicted molar refractivity (Wildman–Crippen MR) is 91.1 cm³/mol. The first-order chi connectivity index (χ1) is 11.1. The van der Waals surface area contributed by atoms with Crippen LogP contribution in [0.4, 0.5) is 0 Å². The molecule has 0 atom stereocenters. The predicted octanol–water partition coefficient (Wildman–Crippen LogP) is 3.50. The first kappa shape index (κ1) is 14.0. The monoisotopic (exact) mass is 325 g/mol. The molecule has 0 aliphatic carbocycles. The number of benzene rings is 2. The van der Waals surface area contributed by atoms with Crippen molar-refractivity contribution in [3.8, 4) is 11.4 Å².